The number of ether oxygens (including phenoxy) is 1. The van der Waals surface area contributed by atoms with Crippen molar-refractivity contribution in [1.82, 2.24) is 4.31 Å². The van der Waals surface area contributed by atoms with Crippen LogP contribution in [0.5, 0.6) is 0 Å². The van der Waals surface area contributed by atoms with Gasteiger partial charge in [-0.25, -0.2) is 13.2 Å². The van der Waals surface area contributed by atoms with Gasteiger partial charge in [0.2, 0.25) is 10.0 Å². The lowest BCUT2D eigenvalue weighted by Crippen LogP contribution is -2.32. The number of hydrogen-bond donors (Lipinski definition) is 0. The Labute approximate surface area is 177 Å². The molecular weight excluding hydrogens is 402 g/mol. The zero-order valence-electron chi connectivity index (χ0n) is 17.0. The minimum atomic E-state index is -3.63. The first kappa shape index (κ1) is 22.2. The van der Waals surface area contributed by atoms with E-state index in [9.17, 15) is 18.0 Å². The Bertz CT molecular complexity index is 964. The summed E-state index contributed by atoms with van der Waals surface area (Å²) in [6.07, 6.45) is 4.45. The summed E-state index contributed by atoms with van der Waals surface area (Å²) in [7, 11) is -3.63. The van der Waals surface area contributed by atoms with E-state index in [1.54, 1.807) is 36.4 Å². The van der Waals surface area contributed by atoms with Crippen LogP contribution in [0.4, 0.5) is 0 Å². The van der Waals surface area contributed by atoms with Crippen LogP contribution in [-0.4, -0.2) is 44.2 Å². The molecule has 6 nitrogen and oxygen atoms in total. The monoisotopic (exact) mass is 429 g/mol. The molecule has 2 aromatic carbocycles. The van der Waals surface area contributed by atoms with Crippen molar-refractivity contribution in [1.29, 1.82) is 0 Å². The highest BCUT2D eigenvalue weighted by atomic mass is 32.2. The fraction of sp³-hybridized carbons (Fsp3) is 0.391. The second-order valence-electron chi connectivity index (χ2n) is 7.37. The number of Topliss-reactive ketones (excluding diaryl/α,β-unsaturated/α-hetero) is 1. The van der Waals surface area contributed by atoms with Gasteiger partial charge in [-0.05, 0) is 37.5 Å². The molecule has 0 atom stereocenters. The van der Waals surface area contributed by atoms with E-state index < -0.39 is 16.0 Å². The summed E-state index contributed by atoms with van der Waals surface area (Å²) < 4.78 is 32.6. The van der Waals surface area contributed by atoms with Gasteiger partial charge in [0.15, 0.2) is 5.78 Å². The third kappa shape index (κ3) is 5.77. The molecule has 1 fully saturated rings. The van der Waals surface area contributed by atoms with Gasteiger partial charge in [-0.3, -0.25) is 4.79 Å². The number of esters is 1. The van der Waals surface area contributed by atoms with Crippen LogP contribution >= 0.6 is 0 Å². The molecule has 0 spiro atoms. The number of ketones is 1. The van der Waals surface area contributed by atoms with Gasteiger partial charge in [0.05, 0.1) is 17.1 Å². The zero-order chi connectivity index (χ0) is 21.4. The highest BCUT2D eigenvalue weighted by Gasteiger charge is 2.26. The molecule has 0 bridgehead atoms. The van der Waals surface area contributed by atoms with E-state index in [0.29, 0.717) is 25.1 Å². The minimum absolute atomic E-state index is 0.00260. The van der Waals surface area contributed by atoms with Crippen LogP contribution in [-0.2, 0) is 14.8 Å². The van der Waals surface area contributed by atoms with Crippen molar-refractivity contribution in [3.8, 4) is 0 Å². The Kier molecular flexibility index (Phi) is 7.76. The number of sulfonamides is 1. The first-order valence-corrected chi connectivity index (χ1v) is 11.8. The standard InChI is InChI=1S/C23H27NO5S/c25-22(19-10-4-3-5-11-19)14-9-17-29-23(26)20-12-8-13-21(18-20)30(27,28)24-15-6-1-2-7-16-24/h3-5,8,10-13,18H,1-2,6-7,9,14-17H2. The highest BCUT2D eigenvalue weighted by molar-refractivity contribution is 7.89. The Morgan fingerprint density at radius 2 is 1.53 bits per heavy atom. The molecule has 7 heteroatoms. The Morgan fingerprint density at radius 3 is 2.23 bits per heavy atom. The molecule has 1 aliphatic rings. The van der Waals surface area contributed by atoms with E-state index in [1.165, 1.54) is 16.4 Å². The van der Waals surface area contributed by atoms with E-state index in [-0.39, 0.29) is 29.3 Å². The largest absolute Gasteiger partial charge is 0.462 e. The Hall–Kier alpha value is -2.51. The maximum absolute atomic E-state index is 12.9. The first-order valence-electron chi connectivity index (χ1n) is 10.3. The first-order chi connectivity index (χ1) is 14.5. The van der Waals surface area contributed by atoms with Gasteiger partial charge in [0.25, 0.3) is 0 Å². The van der Waals surface area contributed by atoms with Crippen LogP contribution in [0, 0.1) is 0 Å². The normalized spacial score (nSPS) is 15.3. The van der Waals surface area contributed by atoms with Crippen molar-refractivity contribution in [2.75, 3.05) is 19.7 Å². The van der Waals surface area contributed by atoms with Crippen molar-refractivity contribution in [2.24, 2.45) is 0 Å². The second kappa shape index (κ2) is 10.5. The predicted molar refractivity (Wildman–Crippen MR) is 114 cm³/mol. The molecule has 0 radical (unpaired) electrons. The molecule has 1 heterocycles. The molecule has 0 aliphatic carbocycles. The average Bonchev–Trinajstić information content (AvgIpc) is 3.07. The molecule has 1 saturated heterocycles. The summed E-state index contributed by atoms with van der Waals surface area (Å²) in [4.78, 5) is 24.5. The molecule has 1 aliphatic heterocycles. The maximum Gasteiger partial charge on any atom is 0.338 e. The molecule has 0 saturated carbocycles. The molecular formula is C23H27NO5S. The Morgan fingerprint density at radius 1 is 0.867 bits per heavy atom. The lowest BCUT2D eigenvalue weighted by Gasteiger charge is -2.20. The lowest BCUT2D eigenvalue weighted by molar-refractivity contribution is 0.0494. The van der Waals surface area contributed by atoms with E-state index in [4.69, 9.17) is 4.74 Å². The summed E-state index contributed by atoms with van der Waals surface area (Å²) in [5, 5.41) is 0. The van der Waals surface area contributed by atoms with Crippen molar-refractivity contribution in [2.45, 2.75) is 43.4 Å². The van der Waals surface area contributed by atoms with E-state index in [1.807, 2.05) is 6.07 Å². The number of rotatable bonds is 8. The van der Waals surface area contributed by atoms with Gasteiger partial charge >= 0.3 is 5.97 Å². The van der Waals surface area contributed by atoms with E-state index >= 15 is 0 Å². The second-order valence-corrected chi connectivity index (χ2v) is 9.31. The fourth-order valence-corrected chi connectivity index (χ4v) is 5.03. The van der Waals surface area contributed by atoms with Crippen LogP contribution in [0.3, 0.4) is 0 Å². The van der Waals surface area contributed by atoms with Crippen LogP contribution in [0.15, 0.2) is 59.5 Å². The third-order valence-corrected chi connectivity index (χ3v) is 7.04. The smallest absolute Gasteiger partial charge is 0.338 e. The van der Waals surface area contributed by atoms with Crippen molar-refractivity contribution < 1.29 is 22.7 Å². The van der Waals surface area contributed by atoms with Gasteiger partial charge < -0.3 is 4.74 Å². The number of nitrogens with zero attached hydrogens (tertiary/aromatic N) is 1. The summed E-state index contributed by atoms with van der Waals surface area (Å²) in [5.74, 6) is -0.590. The molecule has 2 aromatic rings. The van der Waals surface area contributed by atoms with Gasteiger partial charge in [-0.15, -0.1) is 0 Å². The lowest BCUT2D eigenvalue weighted by atomic mass is 10.1. The van der Waals surface area contributed by atoms with Gasteiger partial charge in [-0.1, -0.05) is 49.2 Å². The SMILES string of the molecule is O=C(CCCOC(=O)c1cccc(S(=O)(=O)N2CCCCCC2)c1)c1ccccc1. The number of hydrogen-bond acceptors (Lipinski definition) is 5. The van der Waals surface area contributed by atoms with Crippen LogP contribution in [0.1, 0.15) is 59.2 Å². The minimum Gasteiger partial charge on any atom is -0.462 e. The highest BCUT2D eigenvalue weighted by Crippen LogP contribution is 2.21. The summed E-state index contributed by atoms with van der Waals surface area (Å²) in [6, 6.07) is 14.9. The van der Waals surface area contributed by atoms with Gasteiger partial charge in [0.1, 0.15) is 0 Å². The Balaban J connectivity index is 1.56. The number of carbonyl (C=O) groups is 2. The van der Waals surface area contributed by atoms with Crippen molar-refractivity contribution in [3.05, 3.63) is 65.7 Å². The molecule has 0 N–H and O–H groups in total. The zero-order valence-corrected chi connectivity index (χ0v) is 17.8. The summed E-state index contributed by atoms with van der Waals surface area (Å²) in [6.45, 7) is 1.11. The summed E-state index contributed by atoms with van der Waals surface area (Å²) >= 11 is 0. The molecule has 160 valence electrons. The topological polar surface area (TPSA) is 80.8 Å². The molecule has 30 heavy (non-hydrogen) atoms. The van der Waals surface area contributed by atoms with Gasteiger partial charge in [0, 0.05) is 25.1 Å². The molecule has 3 rings (SSSR count). The number of carbonyl (C=O) groups excluding carboxylic acids is 2. The molecule has 0 aromatic heterocycles. The third-order valence-electron chi connectivity index (χ3n) is 5.15. The average molecular weight is 430 g/mol. The molecule has 0 amide bonds. The quantitative estimate of drug-likeness (QED) is 0.359. The van der Waals surface area contributed by atoms with Gasteiger partial charge in [-0.2, -0.15) is 4.31 Å². The fourth-order valence-electron chi connectivity index (χ4n) is 3.46. The van der Waals surface area contributed by atoms with Crippen LogP contribution < -0.4 is 0 Å². The van der Waals surface area contributed by atoms with E-state index in [0.717, 1.165) is 25.7 Å². The van der Waals surface area contributed by atoms with E-state index in [2.05, 4.69) is 0 Å². The van der Waals surface area contributed by atoms with Crippen LogP contribution in [0.2, 0.25) is 0 Å². The summed E-state index contributed by atoms with van der Waals surface area (Å²) in [5.41, 5.74) is 0.829. The van der Waals surface area contributed by atoms with Crippen molar-refractivity contribution >= 4 is 21.8 Å². The van der Waals surface area contributed by atoms with Crippen molar-refractivity contribution in [3.63, 3.8) is 0 Å². The van der Waals surface area contributed by atoms with Crippen LogP contribution in [0.25, 0.3) is 0 Å². The predicted octanol–water partition coefficient (Wildman–Crippen LogP) is 4.07. The molecule has 0 unspecified atom stereocenters. The maximum atomic E-state index is 12.9. The number of benzene rings is 2.